The zero-order chi connectivity index (χ0) is 12.5. The monoisotopic (exact) mass is 252 g/mol. The second-order valence-corrected chi connectivity index (χ2v) is 3.00. The molecule has 0 unspecified atom stereocenters. The number of halogens is 3. The van der Waals surface area contributed by atoms with Crippen LogP contribution in [0.2, 0.25) is 5.02 Å². The number of aromatic carboxylic acids is 1. The minimum atomic E-state index is -3.06. The lowest BCUT2D eigenvalue weighted by Gasteiger charge is -2.03. The van der Waals surface area contributed by atoms with Gasteiger partial charge in [0, 0.05) is 0 Å². The summed E-state index contributed by atoms with van der Waals surface area (Å²) in [5.74, 6) is -1.80. The van der Waals surface area contributed by atoms with E-state index in [1.807, 2.05) is 0 Å². The summed E-state index contributed by atoms with van der Waals surface area (Å²) in [6.45, 7) is 0. The second-order valence-electron chi connectivity index (χ2n) is 2.59. The molecule has 1 N–H and O–H groups in total. The van der Waals surface area contributed by atoms with E-state index >= 15 is 0 Å². The van der Waals surface area contributed by atoms with E-state index in [1.54, 1.807) is 0 Å². The topological polar surface area (TPSA) is 93.3 Å². The molecule has 0 saturated carbocycles. The van der Waals surface area contributed by atoms with E-state index in [4.69, 9.17) is 16.7 Å². The average molecular weight is 253 g/mol. The van der Waals surface area contributed by atoms with Crippen molar-refractivity contribution in [3.8, 4) is 0 Å². The largest absolute Gasteiger partial charge is 0.476 e. The van der Waals surface area contributed by atoms with Crippen molar-refractivity contribution in [1.29, 1.82) is 0 Å². The molecule has 86 valence electrons. The van der Waals surface area contributed by atoms with Crippen LogP contribution in [0.1, 0.15) is 22.6 Å². The lowest BCUT2D eigenvalue weighted by Crippen LogP contribution is -2.08. The highest BCUT2D eigenvalue weighted by atomic mass is 35.5. The van der Waals surface area contributed by atoms with Crippen molar-refractivity contribution in [3.63, 3.8) is 0 Å². The van der Waals surface area contributed by atoms with Crippen LogP contribution in [0.15, 0.2) is 6.07 Å². The van der Waals surface area contributed by atoms with Crippen molar-refractivity contribution in [3.05, 3.63) is 32.6 Å². The zero-order valence-corrected chi connectivity index (χ0v) is 8.11. The molecule has 1 rings (SSSR count). The highest BCUT2D eigenvalue weighted by molar-refractivity contribution is 6.33. The number of pyridine rings is 1. The van der Waals surface area contributed by atoms with Gasteiger partial charge in [0.15, 0.2) is 0 Å². The van der Waals surface area contributed by atoms with Crippen molar-refractivity contribution in [2.45, 2.75) is 6.43 Å². The fraction of sp³-hybridized carbons (Fsp3) is 0.143. The van der Waals surface area contributed by atoms with Crippen LogP contribution in [0.25, 0.3) is 0 Å². The maximum Gasteiger partial charge on any atom is 0.361 e. The Hall–Kier alpha value is -1.83. The van der Waals surface area contributed by atoms with Crippen LogP contribution in [0.5, 0.6) is 0 Å². The van der Waals surface area contributed by atoms with Crippen molar-refractivity contribution in [1.82, 2.24) is 4.98 Å². The molecule has 0 aliphatic carbocycles. The Labute approximate surface area is 91.6 Å². The number of hydrogen-bond acceptors (Lipinski definition) is 4. The molecule has 0 amide bonds. The van der Waals surface area contributed by atoms with Gasteiger partial charge in [0.2, 0.25) is 5.69 Å². The van der Waals surface area contributed by atoms with Crippen LogP contribution in [0, 0.1) is 10.1 Å². The predicted octanol–water partition coefficient (Wildman–Crippen LogP) is 2.28. The maximum absolute atomic E-state index is 12.2. The highest BCUT2D eigenvalue weighted by Gasteiger charge is 2.28. The smallest absolute Gasteiger partial charge is 0.361 e. The first-order chi connectivity index (χ1) is 7.34. The summed E-state index contributed by atoms with van der Waals surface area (Å²) in [5, 5.41) is 18.3. The summed E-state index contributed by atoms with van der Waals surface area (Å²) in [6.07, 6.45) is -3.06. The van der Waals surface area contributed by atoms with E-state index in [-0.39, 0.29) is 0 Å². The molecule has 6 nitrogen and oxygen atoms in total. The van der Waals surface area contributed by atoms with Crippen LogP contribution < -0.4 is 0 Å². The van der Waals surface area contributed by atoms with Crippen molar-refractivity contribution < 1.29 is 23.6 Å². The Morgan fingerprint density at radius 3 is 2.56 bits per heavy atom. The van der Waals surface area contributed by atoms with Gasteiger partial charge < -0.3 is 5.11 Å². The van der Waals surface area contributed by atoms with Crippen molar-refractivity contribution in [2.75, 3.05) is 0 Å². The van der Waals surface area contributed by atoms with Gasteiger partial charge in [-0.2, -0.15) is 0 Å². The Morgan fingerprint density at radius 2 is 2.19 bits per heavy atom. The number of carboxylic acids is 1. The van der Waals surface area contributed by atoms with Gasteiger partial charge in [-0.1, -0.05) is 11.6 Å². The molecule has 9 heteroatoms. The summed E-state index contributed by atoms with van der Waals surface area (Å²) in [5.41, 5.74) is -3.03. The molecule has 0 atom stereocenters. The summed E-state index contributed by atoms with van der Waals surface area (Å²) in [4.78, 5) is 22.9. The number of nitrogens with zero attached hydrogens (tertiary/aromatic N) is 2. The van der Waals surface area contributed by atoms with Crippen molar-refractivity contribution >= 4 is 23.3 Å². The predicted molar refractivity (Wildman–Crippen MR) is 47.8 cm³/mol. The first kappa shape index (κ1) is 12.2. The Morgan fingerprint density at radius 1 is 1.62 bits per heavy atom. The van der Waals surface area contributed by atoms with Gasteiger partial charge in [0.1, 0.15) is 10.7 Å². The Kier molecular flexibility index (Phi) is 3.33. The number of rotatable bonds is 3. The lowest BCUT2D eigenvalue weighted by molar-refractivity contribution is -0.385. The molecule has 0 saturated heterocycles. The van der Waals surface area contributed by atoms with Crippen LogP contribution in [-0.4, -0.2) is 21.0 Å². The van der Waals surface area contributed by atoms with Gasteiger partial charge in [-0.3, -0.25) is 10.1 Å². The maximum atomic E-state index is 12.2. The van der Waals surface area contributed by atoms with E-state index in [9.17, 15) is 23.7 Å². The van der Waals surface area contributed by atoms with E-state index in [1.165, 1.54) is 0 Å². The number of nitro groups is 1. The van der Waals surface area contributed by atoms with Crippen LogP contribution in [0.3, 0.4) is 0 Å². The third-order valence-corrected chi connectivity index (χ3v) is 1.86. The average Bonchev–Trinajstić information content (AvgIpc) is 2.15. The molecule has 0 spiro atoms. The van der Waals surface area contributed by atoms with Gasteiger partial charge in [0.25, 0.3) is 6.43 Å². The first-order valence-corrected chi connectivity index (χ1v) is 4.08. The molecular weight excluding hydrogens is 250 g/mol. The third-order valence-electron chi connectivity index (χ3n) is 1.57. The molecule has 0 radical (unpaired) electrons. The number of carboxylic acid groups (broad SMARTS) is 1. The fourth-order valence-corrected chi connectivity index (χ4v) is 1.23. The molecule has 0 aliphatic heterocycles. The zero-order valence-electron chi connectivity index (χ0n) is 7.35. The van der Waals surface area contributed by atoms with E-state index in [0.29, 0.717) is 6.07 Å². The molecule has 16 heavy (non-hydrogen) atoms. The standard InChI is InChI=1S/C7H3ClF2N2O4/c8-2-1-3(6(9)10)11-4(7(13)14)5(2)12(15)16/h1,6H,(H,13,14). The summed E-state index contributed by atoms with van der Waals surface area (Å²) >= 11 is 5.34. The molecule has 0 aromatic carbocycles. The van der Waals surface area contributed by atoms with Gasteiger partial charge in [-0.15, -0.1) is 0 Å². The third kappa shape index (κ3) is 2.22. The van der Waals surface area contributed by atoms with Gasteiger partial charge in [-0.05, 0) is 6.07 Å². The molecule has 1 heterocycles. The summed E-state index contributed by atoms with van der Waals surface area (Å²) in [6, 6.07) is 0.566. The first-order valence-electron chi connectivity index (χ1n) is 3.71. The highest BCUT2D eigenvalue weighted by Crippen LogP contribution is 2.31. The quantitative estimate of drug-likeness (QED) is 0.658. The van der Waals surface area contributed by atoms with Gasteiger partial charge in [-0.25, -0.2) is 18.6 Å². The fourth-order valence-electron chi connectivity index (χ4n) is 0.960. The molecule has 1 aromatic rings. The SMILES string of the molecule is O=C(O)c1nc(C(F)F)cc(Cl)c1[N+](=O)[O-]. The van der Waals surface area contributed by atoms with Gasteiger partial charge in [0.05, 0.1) is 4.92 Å². The number of alkyl halides is 2. The van der Waals surface area contributed by atoms with E-state index in [2.05, 4.69) is 4.98 Å². The molecule has 0 fully saturated rings. The molecule has 0 bridgehead atoms. The number of aromatic nitrogens is 1. The summed E-state index contributed by atoms with van der Waals surface area (Å²) < 4.78 is 24.5. The van der Waals surface area contributed by atoms with Gasteiger partial charge >= 0.3 is 11.7 Å². The van der Waals surface area contributed by atoms with E-state index < -0.39 is 39.4 Å². The Bertz CT molecular complexity index is 466. The summed E-state index contributed by atoms with van der Waals surface area (Å²) in [7, 11) is 0. The minimum absolute atomic E-state index is 0.566. The van der Waals surface area contributed by atoms with Crippen molar-refractivity contribution in [2.24, 2.45) is 0 Å². The van der Waals surface area contributed by atoms with Crippen LogP contribution >= 0.6 is 11.6 Å². The molecule has 1 aromatic heterocycles. The molecular formula is C7H3ClF2N2O4. The lowest BCUT2D eigenvalue weighted by atomic mass is 10.2. The van der Waals surface area contributed by atoms with Crippen LogP contribution in [-0.2, 0) is 0 Å². The second kappa shape index (κ2) is 4.35. The minimum Gasteiger partial charge on any atom is -0.476 e. The normalized spacial score (nSPS) is 10.5. The Balaban J connectivity index is 3.52. The molecule has 0 aliphatic rings. The number of carbonyl (C=O) groups is 1. The van der Waals surface area contributed by atoms with Crippen LogP contribution in [0.4, 0.5) is 14.5 Å². The van der Waals surface area contributed by atoms with E-state index in [0.717, 1.165) is 0 Å². The number of hydrogen-bond donors (Lipinski definition) is 1.